The van der Waals surface area contributed by atoms with Gasteiger partial charge in [0.1, 0.15) is 11.6 Å². The number of carbonyl (C=O) groups is 1. The summed E-state index contributed by atoms with van der Waals surface area (Å²) in [6, 6.07) is 10.7. The normalized spacial score (nSPS) is 10.8. The van der Waals surface area contributed by atoms with E-state index >= 15 is 0 Å². The highest BCUT2D eigenvalue weighted by Crippen LogP contribution is 2.21. The van der Waals surface area contributed by atoms with Crippen LogP contribution in [0.5, 0.6) is 0 Å². The number of amides is 1. The maximum atomic E-state index is 13.5. The fourth-order valence-corrected chi connectivity index (χ4v) is 3.05. The molecule has 0 aliphatic carbocycles. The molecule has 3 aromatic rings. The monoisotopic (exact) mass is 318 g/mol. The minimum atomic E-state index is -0.863. The molecular weight excluding hydrogens is 306 g/mol. The first kappa shape index (κ1) is 14.6. The second-order valence-corrected chi connectivity index (χ2v) is 5.82. The van der Waals surface area contributed by atoms with Gasteiger partial charge in [-0.05, 0) is 24.3 Å². The molecule has 0 aliphatic heterocycles. The molecule has 2 aromatic carbocycles. The van der Waals surface area contributed by atoms with Gasteiger partial charge >= 0.3 is 0 Å². The van der Waals surface area contributed by atoms with E-state index in [1.807, 2.05) is 24.3 Å². The molecule has 0 aliphatic rings. The van der Waals surface area contributed by atoms with E-state index < -0.39 is 17.5 Å². The number of para-hydroxylation sites is 1. The maximum Gasteiger partial charge on any atom is 0.254 e. The van der Waals surface area contributed by atoms with Gasteiger partial charge in [0.15, 0.2) is 0 Å². The number of nitrogens with zero attached hydrogens (tertiary/aromatic N) is 1. The summed E-state index contributed by atoms with van der Waals surface area (Å²) in [5.74, 6) is -2.13. The highest BCUT2D eigenvalue weighted by Gasteiger charge is 2.12. The Balaban J connectivity index is 1.61. The lowest BCUT2D eigenvalue weighted by molar-refractivity contribution is 0.0950. The molecule has 0 saturated carbocycles. The molecule has 1 N–H and O–H groups in total. The van der Waals surface area contributed by atoms with Crippen LogP contribution in [0.4, 0.5) is 8.78 Å². The van der Waals surface area contributed by atoms with Crippen molar-refractivity contribution in [1.82, 2.24) is 10.3 Å². The number of nitrogens with one attached hydrogen (secondary N) is 1. The summed E-state index contributed by atoms with van der Waals surface area (Å²) in [4.78, 5) is 16.3. The second kappa shape index (κ2) is 6.19. The average Bonchev–Trinajstić information content (AvgIpc) is 2.89. The van der Waals surface area contributed by atoms with Crippen LogP contribution >= 0.6 is 11.3 Å². The van der Waals surface area contributed by atoms with Crippen LogP contribution < -0.4 is 5.32 Å². The Bertz CT molecular complexity index is 799. The van der Waals surface area contributed by atoms with Crippen LogP contribution in [0.3, 0.4) is 0 Å². The van der Waals surface area contributed by atoms with E-state index in [1.54, 1.807) is 11.3 Å². The van der Waals surface area contributed by atoms with Crippen molar-refractivity contribution in [2.24, 2.45) is 0 Å². The van der Waals surface area contributed by atoms with Crippen molar-refractivity contribution in [3.63, 3.8) is 0 Å². The van der Waals surface area contributed by atoms with Crippen LogP contribution in [0.1, 0.15) is 15.4 Å². The van der Waals surface area contributed by atoms with Crippen molar-refractivity contribution in [2.75, 3.05) is 6.54 Å². The molecule has 3 rings (SSSR count). The summed E-state index contributed by atoms with van der Waals surface area (Å²) >= 11 is 1.56. The zero-order valence-electron chi connectivity index (χ0n) is 11.5. The van der Waals surface area contributed by atoms with Gasteiger partial charge in [0.2, 0.25) is 0 Å². The lowest BCUT2D eigenvalue weighted by Crippen LogP contribution is -2.26. The largest absolute Gasteiger partial charge is 0.352 e. The highest BCUT2D eigenvalue weighted by atomic mass is 32.1. The number of fused-ring (bicyclic) bond motifs is 1. The van der Waals surface area contributed by atoms with Gasteiger partial charge < -0.3 is 5.32 Å². The van der Waals surface area contributed by atoms with E-state index in [4.69, 9.17) is 0 Å². The van der Waals surface area contributed by atoms with Crippen molar-refractivity contribution in [3.8, 4) is 0 Å². The smallest absolute Gasteiger partial charge is 0.254 e. The Kier molecular flexibility index (Phi) is 4.11. The third-order valence-corrected chi connectivity index (χ3v) is 4.23. The van der Waals surface area contributed by atoms with Crippen molar-refractivity contribution < 1.29 is 13.6 Å². The standard InChI is InChI=1S/C16H12F2N2OS/c17-10-5-6-11(12(18)9-10)16(21)19-8-7-15-20-13-3-1-2-4-14(13)22-15/h1-6,9H,7-8H2,(H,19,21). The number of halogens is 2. The minimum absolute atomic E-state index is 0.161. The molecule has 0 saturated heterocycles. The predicted octanol–water partition coefficient (Wildman–Crippen LogP) is 3.55. The van der Waals surface area contributed by atoms with Crippen LogP contribution in [0.2, 0.25) is 0 Å². The first-order valence-electron chi connectivity index (χ1n) is 6.71. The number of rotatable bonds is 4. The molecule has 6 heteroatoms. The van der Waals surface area contributed by atoms with Crippen LogP contribution in [0.15, 0.2) is 42.5 Å². The fourth-order valence-electron chi connectivity index (χ4n) is 2.08. The van der Waals surface area contributed by atoms with E-state index in [1.165, 1.54) is 0 Å². The van der Waals surface area contributed by atoms with E-state index in [2.05, 4.69) is 10.3 Å². The number of benzene rings is 2. The van der Waals surface area contributed by atoms with E-state index in [-0.39, 0.29) is 5.56 Å². The molecule has 0 atom stereocenters. The first-order valence-corrected chi connectivity index (χ1v) is 7.53. The zero-order chi connectivity index (χ0) is 15.5. The molecule has 3 nitrogen and oxygen atoms in total. The van der Waals surface area contributed by atoms with Crippen LogP contribution in [0.25, 0.3) is 10.2 Å². The molecule has 22 heavy (non-hydrogen) atoms. The second-order valence-electron chi connectivity index (χ2n) is 4.71. The lowest BCUT2D eigenvalue weighted by atomic mass is 10.2. The molecule has 0 fully saturated rings. The summed E-state index contributed by atoms with van der Waals surface area (Å²) in [5.41, 5.74) is 0.768. The molecule has 0 radical (unpaired) electrons. The van der Waals surface area contributed by atoms with Crippen molar-refractivity contribution in [1.29, 1.82) is 0 Å². The van der Waals surface area contributed by atoms with Gasteiger partial charge in [0, 0.05) is 19.0 Å². The summed E-state index contributed by atoms with van der Waals surface area (Å²) in [7, 11) is 0. The Morgan fingerprint density at radius 2 is 2.00 bits per heavy atom. The van der Waals surface area contributed by atoms with Crippen molar-refractivity contribution >= 4 is 27.5 Å². The van der Waals surface area contributed by atoms with Gasteiger partial charge in [-0.2, -0.15) is 0 Å². The number of hydrogen-bond donors (Lipinski definition) is 1. The molecule has 0 bridgehead atoms. The molecular formula is C16H12F2N2OS. The number of aromatic nitrogens is 1. The van der Waals surface area contributed by atoms with Gasteiger partial charge in [-0.3, -0.25) is 4.79 Å². The molecule has 112 valence electrons. The Labute approximate surface area is 129 Å². The molecule has 1 amide bonds. The number of hydrogen-bond acceptors (Lipinski definition) is 3. The quantitative estimate of drug-likeness (QED) is 0.799. The molecule has 0 unspecified atom stereocenters. The third-order valence-electron chi connectivity index (χ3n) is 3.14. The number of thiazole rings is 1. The van der Waals surface area contributed by atoms with Crippen molar-refractivity contribution in [3.05, 3.63) is 64.7 Å². The van der Waals surface area contributed by atoms with E-state index in [0.717, 1.165) is 27.4 Å². The van der Waals surface area contributed by atoms with Crippen molar-refractivity contribution in [2.45, 2.75) is 6.42 Å². The van der Waals surface area contributed by atoms with Gasteiger partial charge in [0.25, 0.3) is 5.91 Å². The molecule has 0 spiro atoms. The lowest BCUT2D eigenvalue weighted by Gasteiger charge is -2.05. The van der Waals surface area contributed by atoms with Gasteiger partial charge in [-0.1, -0.05) is 12.1 Å². The summed E-state index contributed by atoms with van der Waals surface area (Å²) < 4.78 is 27.4. The van der Waals surface area contributed by atoms with Crippen LogP contribution in [0, 0.1) is 11.6 Å². The summed E-state index contributed by atoms with van der Waals surface area (Å²) in [5, 5.41) is 3.52. The van der Waals surface area contributed by atoms with Gasteiger partial charge in [0.05, 0.1) is 20.8 Å². The Morgan fingerprint density at radius 3 is 2.77 bits per heavy atom. The first-order chi connectivity index (χ1) is 10.6. The minimum Gasteiger partial charge on any atom is -0.352 e. The number of carbonyl (C=O) groups excluding carboxylic acids is 1. The predicted molar refractivity (Wildman–Crippen MR) is 82.0 cm³/mol. The van der Waals surface area contributed by atoms with Gasteiger partial charge in [-0.15, -0.1) is 11.3 Å². The summed E-state index contributed by atoms with van der Waals surface area (Å²) in [6.45, 7) is 0.343. The third kappa shape index (κ3) is 3.12. The maximum absolute atomic E-state index is 13.5. The molecule has 1 aromatic heterocycles. The van der Waals surface area contributed by atoms with E-state index in [9.17, 15) is 13.6 Å². The Morgan fingerprint density at radius 1 is 1.18 bits per heavy atom. The SMILES string of the molecule is O=C(NCCc1nc2ccccc2s1)c1ccc(F)cc1F. The average molecular weight is 318 g/mol. The zero-order valence-corrected chi connectivity index (χ0v) is 12.3. The topological polar surface area (TPSA) is 42.0 Å². The molecule has 1 heterocycles. The highest BCUT2D eigenvalue weighted by molar-refractivity contribution is 7.18. The van der Waals surface area contributed by atoms with Crippen LogP contribution in [-0.4, -0.2) is 17.4 Å². The van der Waals surface area contributed by atoms with Gasteiger partial charge in [-0.25, -0.2) is 13.8 Å². The van der Waals surface area contributed by atoms with E-state index in [0.29, 0.717) is 19.0 Å². The van der Waals surface area contributed by atoms with Crippen LogP contribution in [-0.2, 0) is 6.42 Å². The fraction of sp³-hybridized carbons (Fsp3) is 0.125. The summed E-state index contributed by atoms with van der Waals surface area (Å²) in [6.07, 6.45) is 0.563. The Hall–Kier alpha value is -2.34.